The molecule has 118 valence electrons. The first-order chi connectivity index (χ1) is 10.9. The van der Waals surface area contributed by atoms with Gasteiger partial charge in [-0.2, -0.15) is 0 Å². The molecule has 6 nitrogen and oxygen atoms in total. The zero-order chi connectivity index (χ0) is 16.7. The van der Waals surface area contributed by atoms with Gasteiger partial charge in [0, 0.05) is 17.6 Å². The lowest BCUT2D eigenvalue weighted by Crippen LogP contribution is -2.35. The molecule has 1 aliphatic heterocycles. The Kier molecular flexibility index (Phi) is 3.73. The van der Waals surface area contributed by atoms with Gasteiger partial charge in [-0.25, -0.2) is 4.79 Å². The van der Waals surface area contributed by atoms with Crippen LogP contribution in [-0.2, 0) is 9.59 Å². The van der Waals surface area contributed by atoms with Crippen molar-refractivity contribution in [3.8, 4) is 0 Å². The minimum absolute atomic E-state index is 0.00333. The molecule has 0 saturated carbocycles. The number of pyridine rings is 1. The van der Waals surface area contributed by atoms with Gasteiger partial charge in [-0.05, 0) is 36.7 Å². The Hall–Kier alpha value is -2.54. The maximum atomic E-state index is 11.8. The highest BCUT2D eigenvalue weighted by Crippen LogP contribution is 2.41. The summed E-state index contributed by atoms with van der Waals surface area (Å²) in [6.45, 7) is 3.20. The fourth-order valence-corrected chi connectivity index (χ4v) is 3.99. The topological polar surface area (TPSA) is 99.9 Å². The predicted molar refractivity (Wildman–Crippen MR) is 86.9 cm³/mol. The molecule has 2 aromatic rings. The summed E-state index contributed by atoms with van der Waals surface area (Å²) in [4.78, 5) is 32.0. The maximum absolute atomic E-state index is 11.8. The number of rotatable bonds is 3. The van der Waals surface area contributed by atoms with Gasteiger partial charge in [0.2, 0.25) is 0 Å². The third kappa shape index (κ3) is 2.43. The smallest absolute Gasteiger partial charge is 0.334 e. The third-order valence-corrected chi connectivity index (χ3v) is 4.97. The summed E-state index contributed by atoms with van der Waals surface area (Å²) in [7, 11) is 0. The Bertz CT molecular complexity index is 881. The Morgan fingerprint density at radius 1 is 1.22 bits per heavy atom. The minimum atomic E-state index is -1.16. The van der Waals surface area contributed by atoms with Crippen LogP contribution in [0.3, 0.4) is 0 Å². The maximum Gasteiger partial charge on any atom is 0.334 e. The molecule has 2 N–H and O–H groups in total. The second kappa shape index (κ2) is 5.58. The molecule has 2 unspecified atom stereocenters. The van der Waals surface area contributed by atoms with Gasteiger partial charge in [0.15, 0.2) is 0 Å². The van der Waals surface area contributed by atoms with E-state index in [1.807, 2.05) is 17.5 Å². The normalized spacial score (nSPS) is 21.4. The van der Waals surface area contributed by atoms with Crippen LogP contribution in [0.4, 0.5) is 0 Å². The Balaban J connectivity index is 2.31. The van der Waals surface area contributed by atoms with E-state index in [4.69, 9.17) is 0 Å². The van der Waals surface area contributed by atoms with Crippen LogP contribution in [-0.4, -0.2) is 32.8 Å². The lowest BCUT2D eigenvalue weighted by atomic mass is 9.77. The lowest BCUT2D eigenvalue weighted by molar-refractivity contribution is -0.140. The molecule has 23 heavy (non-hydrogen) atoms. The van der Waals surface area contributed by atoms with Crippen molar-refractivity contribution in [1.82, 2.24) is 4.98 Å². The number of aliphatic carboxylic acids is 2. The van der Waals surface area contributed by atoms with Crippen molar-refractivity contribution in [3.05, 3.63) is 40.7 Å². The van der Waals surface area contributed by atoms with E-state index in [2.05, 4.69) is 9.98 Å². The molecular weight excluding hydrogens is 316 g/mol. The standard InChI is InChI=1S/C16H14N2O4S/c1-7-10(15(19)20)12(11(16(21)22)8(2)18-7)13-14-9(3-5-17-13)4-6-23-14/h3-6,10,12H,1-2H3,(H,19,20)(H,21,22). The van der Waals surface area contributed by atoms with Gasteiger partial charge >= 0.3 is 11.9 Å². The number of carboxylic acids is 2. The summed E-state index contributed by atoms with van der Waals surface area (Å²) in [6.07, 6.45) is 1.58. The number of carboxylic acid groups (broad SMARTS) is 2. The Morgan fingerprint density at radius 2 is 1.96 bits per heavy atom. The number of allylic oxidation sites excluding steroid dienone is 1. The van der Waals surface area contributed by atoms with Crippen LogP contribution >= 0.6 is 11.3 Å². The molecule has 0 spiro atoms. The van der Waals surface area contributed by atoms with E-state index in [1.54, 1.807) is 20.0 Å². The Labute approximate surface area is 135 Å². The van der Waals surface area contributed by atoms with Crippen molar-refractivity contribution >= 4 is 39.1 Å². The van der Waals surface area contributed by atoms with E-state index in [0.29, 0.717) is 17.1 Å². The summed E-state index contributed by atoms with van der Waals surface area (Å²) < 4.78 is 0.810. The quantitative estimate of drug-likeness (QED) is 0.901. The van der Waals surface area contributed by atoms with E-state index in [-0.39, 0.29) is 5.57 Å². The van der Waals surface area contributed by atoms with Gasteiger partial charge in [0.05, 0.1) is 21.9 Å². The van der Waals surface area contributed by atoms with Crippen LogP contribution in [0.5, 0.6) is 0 Å². The van der Waals surface area contributed by atoms with Crippen LogP contribution in [0.15, 0.2) is 40.0 Å². The molecule has 2 aromatic heterocycles. The molecule has 0 bridgehead atoms. The molecule has 3 heterocycles. The van der Waals surface area contributed by atoms with Gasteiger partial charge < -0.3 is 10.2 Å². The second-order valence-electron chi connectivity index (χ2n) is 5.39. The van der Waals surface area contributed by atoms with E-state index in [1.165, 1.54) is 11.3 Å². The zero-order valence-electron chi connectivity index (χ0n) is 12.5. The summed E-state index contributed by atoms with van der Waals surface area (Å²) in [6, 6.07) is 3.73. The molecule has 0 amide bonds. The van der Waals surface area contributed by atoms with Gasteiger partial charge in [-0.1, -0.05) is 0 Å². The highest BCUT2D eigenvalue weighted by Gasteiger charge is 2.42. The molecule has 7 heteroatoms. The fraction of sp³-hybridized carbons (Fsp3) is 0.250. The van der Waals surface area contributed by atoms with Crippen molar-refractivity contribution in [2.75, 3.05) is 0 Å². The van der Waals surface area contributed by atoms with Crippen LogP contribution in [0.1, 0.15) is 25.5 Å². The average molecular weight is 330 g/mol. The van der Waals surface area contributed by atoms with Crippen molar-refractivity contribution in [2.45, 2.75) is 19.8 Å². The highest BCUT2D eigenvalue weighted by atomic mass is 32.1. The van der Waals surface area contributed by atoms with Crippen LogP contribution in [0.2, 0.25) is 0 Å². The number of aromatic nitrogens is 1. The largest absolute Gasteiger partial charge is 0.481 e. The third-order valence-electron chi connectivity index (χ3n) is 4.02. The summed E-state index contributed by atoms with van der Waals surface area (Å²) >= 11 is 1.43. The summed E-state index contributed by atoms with van der Waals surface area (Å²) in [5.41, 5.74) is 1.19. The lowest BCUT2D eigenvalue weighted by Gasteiger charge is -2.29. The van der Waals surface area contributed by atoms with Gasteiger partial charge in [-0.3, -0.25) is 14.8 Å². The molecule has 1 aliphatic rings. The SMILES string of the molecule is CC1=NC(C)=C(C(=O)O)C(c2nccc3ccsc23)C1C(=O)O. The van der Waals surface area contributed by atoms with Crippen LogP contribution < -0.4 is 0 Å². The Morgan fingerprint density at radius 3 is 2.61 bits per heavy atom. The number of carbonyl (C=O) groups is 2. The minimum Gasteiger partial charge on any atom is -0.481 e. The first kappa shape index (κ1) is 15.4. The molecular formula is C16H14N2O4S. The summed E-state index contributed by atoms with van der Waals surface area (Å²) in [5, 5.41) is 22.0. The number of thiophene rings is 1. The fourth-order valence-electron chi connectivity index (χ4n) is 3.07. The van der Waals surface area contributed by atoms with Gasteiger partial charge in [-0.15, -0.1) is 11.3 Å². The van der Waals surface area contributed by atoms with E-state index >= 15 is 0 Å². The van der Waals surface area contributed by atoms with Crippen molar-refractivity contribution in [1.29, 1.82) is 0 Å². The van der Waals surface area contributed by atoms with Gasteiger partial charge in [0.1, 0.15) is 5.92 Å². The number of hydrogen-bond donors (Lipinski definition) is 2. The summed E-state index contributed by atoms with van der Waals surface area (Å²) in [5.74, 6) is -4.15. The average Bonchev–Trinajstić information content (AvgIpc) is 2.93. The van der Waals surface area contributed by atoms with Crippen LogP contribution in [0, 0.1) is 5.92 Å². The van der Waals surface area contributed by atoms with E-state index < -0.39 is 23.8 Å². The van der Waals surface area contributed by atoms with E-state index in [9.17, 15) is 19.8 Å². The van der Waals surface area contributed by atoms with Crippen molar-refractivity contribution in [2.24, 2.45) is 10.9 Å². The first-order valence-corrected chi connectivity index (χ1v) is 7.84. The zero-order valence-corrected chi connectivity index (χ0v) is 13.3. The van der Waals surface area contributed by atoms with Crippen molar-refractivity contribution in [3.63, 3.8) is 0 Å². The molecule has 2 atom stereocenters. The predicted octanol–water partition coefficient (Wildman–Crippen LogP) is 2.91. The van der Waals surface area contributed by atoms with Crippen LogP contribution in [0.25, 0.3) is 10.1 Å². The first-order valence-electron chi connectivity index (χ1n) is 6.96. The molecule has 0 fully saturated rings. The molecule has 0 saturated heterocycles. The number of fused-ring (bicyclic) bond motifs is 1. The number of hydrogen-bond acceptors (Lipinski definition) is 5. The molecule has 0 radical (unpaired) electrons. The van der Waals surface area contributed by atoms with Gasteiger partial charge in [0.25, 0.3) is 0 Å². The monoisotopic (exact) mass is 330 g/mol. The molecule has 3 rings (SSSR count). The molecule has 0 aromatic carbocycles. The van der Waals surface area contributed by atoms with Crippen molar-refractivity contribution < 1.29 is 19.8 Å². The second-order valence-corrected chi connectivity index (χ2v) is 6.30. The van der Waals surface area contributed by atoms with E-state index in [0.717, 1.165) is 10.1 Å². The molecule has 0 aliphatic carbocycles. The number of aliphatic imine (C=N–C) groups is 1. The highest BCUT2D eigenvalue weighted by molar-refractivity contribution is 7.17. The number of nitrogens with zero attached hydrogens (tertiary/aromatic N) is 2.